The quantitative estimate of drug-likeness (QED) is 0.489. The molecule has 0 saturated carbocycles. The van der Waals surface area contributed by atoms with E-state index < -0.39 is 0 Å². The molecular weight excluding hydrogens is 385 g/mol. The number of ether oxygens (including phenoxy) is 2. The second-order valence-corrected chi connectivity index (χ2v) is 8.98. The third kappa shape index (κ3) is 6.07. The molecule has 1 unspecified atom stereocenters. The van der Waals surface area contributed by atoms with Crippen LogP contribution >= 0.6 is 0 Å². The van der Waals surface area contributed by atoms with E-state index in [2.05, 4.69) is 62.7 Å². The van der Waals surface area contributed by atoms with Gasteiger partial charge in [0.1, 0.15) is 6.20 Å². The molecule has 1 saturated heterocycles. The van der Waals surface area contributed by atoms with Gasteiger partial charge in [0.05, 0.1) is 30.5 Å². The maximum absolute atomic E-state index is 9.18. The van der Waals surface area contributed by atoms with Crippen molar-refractivity contribution in [1.82, 2.24) is 15.0 Å². The van der Waals surface area contributed by atoms with E-state index in [1.54, 1.807) is 13.1 Å². The molecule has 8 nitrogen and oxygen atoms in total. The lowest BCUT2D eigenvalue weighted by Crippen LogP contribution is -2.41. The Labute approximate surface area is 180 Å². The molecule has 0 spiro atoms. The van der Waals surface area contributed by atoms with E-state index in [1.807, 2.05) is 4.68 Å². The number of hydrogen-bond donors (Lipinski definition) is 0. The molecule has 1 atom stereocenters. The molecule has 0 amide bonds. The Kier molecular flexibility index (Phi) is 8.49. The molecule has 1 aliphatic carbocycles. The van der Waals surface area contributed by atoms with Crippen molar-refractivity contribution >= 4 is 13.6 Å². The van der Waals surface area contributed by atoms with Gasteiger partial charge < -0.3 is 18.8 Å². The van der Waals surface area contributed by atoms with Gasteiger partial charge in [0, 0.05) is 0 Å². The minimum Gasteiger partial charge on any atom is -0.476 e. The lowest BCUT2D eigenvalue weighted by Gasteiger charge is -2.32. The molecular formula is C21H36BN3O5. The first-order chi connectivity index (χ1) is 14.1. The highest BCUT2D eigenvalue weighted by molar-refractivity contribution is 6.54. The van der Waals surface area contributed by atoms with Crippen molar-refractivity contribution in [3.05, 3.63) is 17.7 Å². The lowest BCUT2D eigenvalue weighted by atomic mass is 9.71. The molecule has 9 heteroatoms. The van der Waals surface area contributed by atoms with Crippen LogP contribution in [0.5, 0.6) is 5.88 Å². The van der Waals surface area contributed by atoms with E-state index in [1.165, 1.54) is 5.47 Å². The predicted octanol–water partition coefficient (Wildman–Crippen LogP) is 3.78. The van der Waals surface area contributed by atoms with E-state index in [0.29, 0.717) is 25.6 Å². The zero-order chi connectivity index (χ0) is 22.4. The highest BCUT2D eigenvalue weighted by Crippen LogP contribution is 2.40. The summed E-state index contributed by atoms with van der Waals surface area (Å²) in [6, 6.07) is 0.249. The fourth-order valence-electron chi connectivity index (χ4n) is 3.24. The van der Waals surface area contributed by atoms with Crippen LogP contribution < -0.4 is 4.74 Å². The monoisotopic (exact) mass is 421 g/mol. The van der Waals surface area contributed by atoms with Crippen molar-refractivity contribution in [3.63, 3.8) is 0 Å². The largest absolute Gasteiger partial charge is 0.490 e. The van der Waals surface area contributed by atoms with E-state index in [4.69, 9.17) is 14.0 Å². The molecule has 0 radical (unpaired) electrons. The Hall–Kier alpha value is -1.87. The molecule has 1 aromatic rings. The summed E-state index contributed by atoms with van der Waals surface area (Å²) < 4.78 is 24.2. The molecule has 30 heavy (non-hydrogen) atoms. The summed E-state index contributed by atoms with van der Waals surface area (Å²) in [6.45, 7) is 15.9. The molecule has 3 rings (SSSR count). The van der Waals surface area contributed by atoms with Crippen LogP contribution in [-0.2, 0) is 18.8 Å². The van der Waals surface area contributed by atoms with Crippen LogP contribution in [0.3, 0.4) is 0 Å². The lowest BCUT2D eigenvalue weighted by molar-refractivity contribution is -0.128. The number of aromatic nitrogens is 3. The number of carbonyl (C=O) groups excluding carboxylic acids is 1. The fraction of sp³-hybridized carbons (Fsp3) is 0.762. The number of carbonyl (C=O) groups is 1. The fourth-order valence-corrected chi connectivity index (χ4v) is 3.24. The third-order valence-corrected chi connectivity index (χ3v) is 5.84. The van der Waals surface area contributed by atoms with Gasteiger partial charge in [-0.1, -0.05) is 11.3 Å². The van der Waals surface area contributed by atoms with Crippen LogP contribution in [0.2, 0.25) is 0 Å². The average molecular weight is 421 g/mol. The van der Waals surface area contributed by atoms with Crippen molar-refractivity contribution in [2.24, 2.45) is 5.92 Å². The summed E-state index contributed by atoms with van der Waals surface area (Å²) >= 11 is 0. The van der Waals surface area contributed by atoms with Crippen molar-refractivity contribution in [2.45, 2.75) is 85.0 Å². The Morgan fingerprint density at radius 1 is 1.30 bits per heavy atom. The van der Waals surface area contributed by atoms with Gasteiger partial charge in [-0.2, -0.15) is 0 Å². The summed E-state index contributed by atoms with van der Waals surface area (Å²) in [5, 5.41) is 8.01. The van der Waals surface area contributed by atoms with Gasteiger partial charge in [0.25, 0.3) is 6.47 Å². The molecule has 168 valence electrons. The van der Waals surface area contributed by atoms with E-state index in [0.717, 1.165) is 25.1 Å². The summed E-state index contributed by atoms with van der Waals surface area (Å²) in [7, 11) is -0.210. The van der Waals surface area contributed by atoms with E-state index in [9.17, 15) is 4.79 Å². The second kappa shape index (κ2) is 10.4. The SMILES string of the molecule is CC(C)n1nncc1OCC1CC=C(B2OC(C)(C)C(C)(C)O2)CC1.CCOC=O. The molecule has 0 aromatic carbocycles. The van der Waals surface area contributed by atoms with Crippen molar-refractivity contribution in [1.29, 1.82) is 0 Å². The first-order valence-electron chi connectivity index (χ1n) is 10.7. The Bertz CT molecular complexity index is 701. The van der Waals surface area contributed by atoms with Gasteiger partial charge in [0.15, 0.2) is 0 Å². The molecule has 0 N–H and O–H groups in total. The second-order valence-electron chi connectivity index (χ2n) is 8.98. The number of nitrogens with zero attached hydrogens (tertiary/aromatic N) is 3. The molecule has 1 fully saturated rings. The van der Waals surface area contributed by atoms with Gasteiger partial charge in [-0.25, -0.2) is 4.68 Å². The number of allylic oxidation sites excluding steroid dienone is 2. The van der Waals surface area contributed by atoms with Gasteiger partial charge in [-0.3, -0.25) is 4.79 Å². The van der Waals surface area contributed by atoms with Crippen LogP contribution in [0, 0.1) is 5.92 Å². The van der Waals surface area contributed by atoms with Crippen LogP contribution in [0.25, 0.3) is 0 Å². The Balaban J connectivity index is 0.000000575. The van der Waals surface area contributed by atoms with Crippen molar-refractivity contribution < 1.29 is 23.6 Å². The Morgan fingerprint density at radius 2 is 1.97 bits per heavy atom. The maximum Gasteiger partial charge on any atom is 0.490 e. The summed E-state index contributed by atoms with van der Waals surface area (Å²) in [5.74, 6) is 1.25. The van der Waals surface area contributed by atoms with Gasteiger partial charge in [-0.05, 0) is 79.1 Å². The molecule has 1 aromatic heterocycles. The molecule has 2 aliphatic rings. The highest BCUT2D eigenvalue weighted by Gasteiger charge is 2.52. The molecule has 1 aliphatic heterocycles. The highest BCUT2D eigenvalue weighted by atomic mass is 16.7. The summed E-state index contributed by atoms with van der Waals surface area (Å²) in [4.78, 5) is 9.18. The van der Waals surface area contributed by atoms with E-state index in [-0.39, 0.29) is 24.4 Å². The maximum atomic E-state index is 9.18. The summed E-state index contributed by atoms with van der Waals surface area (Å²) in [5.41, 5.74) is 0.713. The van der Waals surface area contributed by atoms with Crippen LogP contribution in [0.1, 0.15) is 73.8 Å². The zero-order valence-electron chi connectivity index (χ0n) is 19.4. The van der Waals surface area contributed by atoms with E-state index >= 15 is 0 Å². The summed E-state index contributed by atoms with van der Waals surface area (Å²) in [6.07, 6.45) is 7.03. The standard InChI is InChI=1S/C18H30BN3O3.C3H6O2/c1-13(2)22-16(11-20-21-22)23-12-14-7-9-15(10-8-14)19-24-17(3,4)18(5,6)25-19;1-2-5-3-4/h9,11,13-14H,7-8,10,12H2,1-6H3;3H,2H2,1H3. The van der Waals surface area contributed by atoms with Crippen LogP contribution in [0.15, 0.2) is 17.7 Å². The van der Waals surface area contributed by atoms with Crippen molar-refractivity contribution in [2.75, 3.05) is 13.2 Å². The number of rotatable bonds is 7. The van der Waals surface area contributed by atoms with Crippen molar-refractivity contribution in [3.8, 4) is 5.88 Å². The predicted molar refractivity (Wildman–Crippen MR) is 115 cm³/mol. The van der Waals surface area contributed by atoms with Gasteiger partial charge in [-0.15, -0.1) is 5.10 Å². The first kappa shape index (κ1) is 24.4. The van der Waals surface area contributed by atoms with Crippen LogP contribution in [0.4, 0.5) is 0 Å². The zero-order valence-corrected chi connectivity index (χ0v) is 19.4. The minimum atomic E-state index is -0.277. The van der Waals surface area contributed by atoms with Crippen LogP contribution in [-0.4, -0.2) is 53.0 Å². The third-order valence-electron chi connectivity index (χ3n) is 5.84. The topological polar surface area (TPSA) is 84.7 Å². The number of hydrogen-bond acceptors (Lipinski definition) is 7. The minimum absolute atomic E-state index is 0.210. The first-order valence-corrected chi connectivity index (χ1v) is 10.7. The van der Waals surface area contributed by atoms with Gasteiger partial charge >= 0.3 is 7.12 Å². The molecule has 0 bridgehead atoms. The van der Waals surface area contributed by atoms with Gasteiger partial charge in [0.2, 0.25) is 5.88 Å². The normalized spacial score (nSPS) is 22.2. The smallest absolute Gasteiger partial charge is 0.476 e. The molecule has 2 heterocycles. The Morgan fingerprint density at radius 3 is 2.43 bits per heavy atom. The average Bonchev–Trinajstić information content (AvgIpc) is 3.23.